The number of nitrogens with one attached hydrogen (secondary N) is 1. The number of carbonyl (C=O) groups is 1. The van der Waals surface area contributed by atoms with E-state index in [0.717, 1.165) is 0 Å². The van der Waals surface area contributed by atoms with Crippen LogP contribution >= 0.6 is 0 Å². The van der Waals surface area contributed by atoms with Gasteiger partial charge in [0.25, 0.3) is 10.0 Å². The number of nitrogens with zero attached hydrogens (tertiary/aromatic N) is 1. The number of benzene rings is 2. The van der Waals surface area contributed by atoms with Gasteiger partial charge in [0.1, 0.15) is 18.1 Å². The largest absolute Gasteiger partial charge is 0.494 e. The molecule has 3 rings (SSSR count). The lowest BCUT2D eigenvalue weighted by Crippen LogP contribution is -2.36. The van der Waals surface area contributed by atoms with E-state index >= 15 is 0 Å². The van der Waals surface area contributed by atoms with E-state index in [1.807, 2.05) is 6.92 Å². The second-order valence-corrected chi connectivity index (χ2v) is 7.39. The Bertz CT molecular complexity index is 910. The molecule has 0 radical (unpaired) electrons. The van der Waals surface area contributed by atoms with Crippen molar-refractivity contribution in [2.75, 3.05) is 29.4 Å². The quantitative estimate of drug-likeness (QED) is 0.867. The monoisotopic (exact) mass is 376 g/mol. The van der Waals surface area contributed by atoms with Gasteiger partial charge in [-0.1, -0.05) is 0 Å². The number of amides is 1. The minimum Gasteiger partial charge on any atom is -0.494 e. The van der Waals surface area contributed by atoms with Crippen LogP contribution < -0.4 is 19.1 Å². The van der Waals surface area contributed by atoms with E-state index in [2.05, 4.69) is 4.72 Å². The van der Waals surface area contributed by atoms with Crippen LogP contribution in [0.25, 0.3) is 0 Å². The summed E-state index contributed by atoms with van der Waals surface area (Å²) < 4.78 is 38.6. The molecule has 1 heterocycles. The van der Waals surface area contributed by atoms with Crippen molar-refractivity contribution >= 4 is 27.3 Å². The molecule has 2 aromatic carbocycles. The zero-order valence-electron chi connectivity index (χ0n) is 14.6. The van der Waals surface area contributed by atoms with E-state index in [-0.39, 0.29) is 10.8 Å². The van der Waals surface area contributed by atoms with Gasteiger partial charge in [-0.15, -0.1) is 0 Å². The van der Waals surface area contributed by atoms with E-state index in [0.29, 0.717) is 42.6 Å². The highest BCUT2D eigenvalue weighted by molar-refractivity contribution is 7.92. The molecule has 8 heteroatoms. The van der Waals surface area contributed by atoms with Crippen LogP contribution in [-0.4, -0.2) is 34.1 Å². The SMILES string of the molecule is CCOc1ccc(S(=O)(=O)Nc2ccc3c(c2)N(C(C)=O)CCO3)cc1. The summed E-state index contributed by atoms with van der Waals surface area (Å²) in [6, 6.07) is 11.0. The highest BCUT2D eigenvalue weighted by atomic mass is 32.2. The lowest BCUT2D eigenvalue weighted by atomic mass is 10.2. The van der Waals surface area contributed by atoms with Crippen molar-refractivity contribution in [1.82, 2.24) is 0 Å². The Morgan fingerprint density at radius 2 is 1.96 bits per heavy atom. The van der Waals surface area contributed by atoms with E-state index in [1.165, 1.54) is 19.1 Å². The van der Waals surface area contributed by atoms with Crippen molar-refractivity contribution in [3.63, 3.8) is 0 Å². The van der Waals surface area contributed by atoms with Gasteiger partial charge in [-0.25, -0.2) is 8.42 Å². The average Bonchev–Trinajstić information content (AvgIpc) is 2.61. The van der Waals surface area contributed by atoms with Crippen molar-refractivity contribution in [3.8, 4) is 11.5 Å². The predicted molar refractivity (Wildman–Crippen MR) is 98.4 cm³/mol. The van der Waals surface area contributed by atoms with Gasteiger partial charge < -0.3 is 14.4 Å². The fourth-order valence-corrected chi connectivity index (χ4v) is 3.75. The molecule has 7 nitrogen and oxygen atoms in total. The van der Waals surface area contributed by atoms with Crippen molar-refractivity contribution in [3.05, 3.63) is 42.5 Å². The first-order valence-corrected chi connectivity index (χ1v) is 9.69. The minimum atomic E-state index is -3.76. The summed E-state index contributed by atoms with van der Waals surface area (Å²) in [5.74, 6) is 1.03. The number of rotatable bonds is 5. The molecule has 2 aromatic rings. The summed E-state index contributed by atoms with van der Waals surface area (Å²) in [7, 11) is -3.76. The Balaban J connectivity index is 1.86. The van der Waals surface area contributed by atoms with Crippen molar-refractivity contribution in [2.45, 2.75) is 18.7 Å². The molecular formula is C18H20N2O5S. The Hall–Kier alpha value is -2.74. The van der Waals surface area contributed by atoms with E-state index in [9.17, 15) is 13.2 Å². The Kier molecular flexibility index (Phi) is 5.03. The van der Waals surface area contributed by atoms with Gasteiger partial charge in [-0.3, -0.25) is 9.52 Å². The van der Waals surface area contributed by atoms with Gasteiger partial charge in [0, 0.05) is 6.92 Å². The molecule has 0 saturated carbocycles. The van der Waals surface area contributed by atoms with E-state index < -0.39 is 10.0 Å². The maximum absolute atomic E-state index is 12.6. The number of carbonyl (C=O) groups excluding carboxylic acids is 1. The van der Waals surface area contributed by atoms with Crippen LogP contribution in [0.5, 0.6) is 11.5 Å². The molecule has 1 N–H and O–H groups in total. The third-order valence-corrected chi connectivity index (χ3v) is 5.30. The van der Waals surface area contributed by atoms with E-state index in [4.69, 9.17) is 9.47 Å². The third kappa shape index (κ3) is 3.75. The van der Waals surface area contributed by atoms with E-state index in [1.54, 1.807) is 35.2 Å². The first-order chi connectivity index (χ1) is 12.4. The molecule has 1 aliphatic heterocycles. The van der Waals surface area contributed by atoms with Crippen molar-refractivity contribution in [1.29, 1.82) is 0 Å². The summed E-state index contributed by atoms with van der Waals surface area (Å²) in [4.78, 5) is 13.5. The van der Waals surface area contributed by atoms with Gasteiger partial charge in [0.2, 0.25) is 5.91 Å². The maximum atomic E-state index is 12.6. The molecule has 0 saturated heterocycles. The number of hydrogen-bond acceptors (Lipinski definition) is 5. The zero-order chi connectivity index (χ0) is 18.7. The zero-order valence-corrected chi connectivity index (χ0v) is 15.4. The van der Waals surface area contributed by atoms with Crippen LogP contribution in [0.4, 0.5) is 11.4 Å². The first kappa shape index (κ1) is 18.1. The molecule has 0 spiro atoms. The van der Waals surface area contributed by atoms with Crippen LogP contribution in [0, 0.1) is 0 Å². The third-order valence-electron chi connectivity index (χ3n) is 3.90. The second-order valence-electron chi connectivity index (χ2n) is 5.71. The molecule has 0 unspecified atom stereocenters. The van der Waals surface area contributed by atoms with Gasteiger partial charge >= 0.3 is 0 Å². The topological polar surface area (TPSA) is 84.9 Å². The molecule has 0 bridgehead atoms. The van der Waals surface area contributed by atoms with Gasteiger partial charge in [0.05, 0.1) is 29.4 Å². The molecule has 26 heavy (non-hydrogen) atoms. The predicted octanol–water partition coefficient (Wildman–Crippen LogP) is 2.63. The Labute approximate surface area is 152 Å². The second kappa shape index (κ2) is 7.25. The van der Waals surface area contributed by atoms with Crippen LogP contribution in [0.1, 0.15) is 13.8 Å². The van der Waals surface area contributed by atoms with Gasteiger partial charge in [0.15, 0.2) is 0 Å². The standard InChI is InChI=1S/C18H20N2O5S/c1-3-24-15-5-7-16(8-6-15)26(22,23)19-14-4-9-18-17(12-14)20(13(2)21)10-11-25-18/h4-9,12,19H,3,10-11H2,1-2H3. The van der Waals surface area contributed by atoms with Crippen LogP contribution in [0.3, 0.4) is 0 Å². The lowest BCUT2D eigenvalue weighted by molar-refractivity contribution is -0.116. The average molecular weight is 376 g/mol. The summed E-state index contributed by atoms with van der Waals surface area (Å²) in [5.41, 5.74) is 0.907. The normalized spacial score (nSPS) is 13.5. The lowest BCUT2D eigenvalue weighted by Gasteiger charge is -2.29. The molecule has 0 fully saturated rings. The first-order valence-electron chi connectivity index (χ1n) is 8.21. The summed E-state index contributed by atoms with van der Waals surface area (Å²) >= 11 is 0. The fourth-order valence-electron chi connectivity index (χ4n) is 2.70. The van der Waals surface area contributed by atoms with Crippen LogP contribution in [0.2, 0.25) is 0 Å². The highest BCUT2D eigenvalue weighted by Gasteiger charge is 2.23. The molecule has 0 atom stereocenters. The summed E-state index contributed by atoms with van der Waals surface area (Å²) in [6.45, 7) is 4.66. The molecule has 0 aliphatic carbocycles. The molecule has 1 aliphatic rings. The number of sulfonamides is 1. The maximum Gasteiger partial charge on any atom is 0.261 e. The van der Waals surface area contributed by atoms with Crippen molar-refractivity contribution in [2.24, 2.45) is 0 Å². The Morgan fingerprint density at radius 1 is 1.23 bits per heavy atom. The number of ether oxygens (including phenoxy) is 2. The molecule has 138 valence electrons. The van der Waals surface area contributed by atoms with Gasteiger partial charge in [-0.2, -0.15) is 0 Å². The summed E-state index contributed by atoms with van der Waals surface area (Å²) in [6.07, 6.45) is 0. The smallest absolute Gasteiger partial charge is 0.261 e. The van der Waals surface area contributed by atoms with Gasteiger partial charge in [-0.05, 0) is 49.4 Å². The summed E-state index contributed by atoms with van der Waals surface area (Å²) in [5, 5.41) is 0. The molecular weight excluding hydrogens is 356 g/mol. The van der Waals surface area contributed by atoms with Crippen molar-refractivity contribution < 1.29 is 22.7 Å². The number of fused-ring (bicyclic) bond motifs is 1. The minimum absolute atomic E-state index is 0.123. The van der Waals surface area contributed by atoms with Crippen LogP contribution in [-0.2, 0) is 14.8 Å². The number of hydrogen-bond donors (Lipinski definition) is 1. The number of anilines is 2. The van der Waals surface area contributed by atoms with Crippen LogP contribution in [0.15, 0.2) is 47.4 Å². The Morgan fingerprint density at radius 3 is 2.62 bits per heavy atom. The molecule has 0 aromatic heterocycles. The fraction of sp³-hybridized carbons (Fsp3) is 0.278. The molecule has 1 amide bonds. The highest BCUT2D eigenvalue weighted by Crippen LogP contribution is 2.34.